The molecule has 2 aromatic rings. The Morgan fingerprint density at radius 3 is 2.28 bits per heavy atom. The lowest BCUT2D eigenvalue weighted by molar-refractivity contribution is -0.138. The van der Waals surface area contributed by atoms with Crippen LogP contribution in [0, 0.1) is 6.92 Å². The van der Waals surface area contributed by atoms with Gasteiger partial charge >= 0.3 is 6.18 Å². The van der Waals surface area contributed by atoms with E-state index in [-0.39, 0.29) is 17.9 Å². The van der Waals surface area contributed by atoms with Gasteiger partial charge in [0, 0.05) is 11.6 Å². The first-order chi connectivity index (χ1) is 11.6. The zero-order valence-electron chi connectivity index (χ0n) is 14.0. The first-order valence-electron chi connectivity index (χ1n) is 7.84. The summed E-state index contributed by atoms with van der Waals surface area (Å²) in [7, 11) is 0. The highest BCUT2D eigenvalue weighted by Crippen LogP contribution is 2.31. The average molecular weight is 351 g/mol. The Hall–Kier alpha value is -2.18. The molecule has 2 aromatic carbocycles. The fourth-order valence-corrected chi connectivity index (χ4v) is 2.62. The Bertz CT molecular complexity index is 728. The summed E-state index contributed by atoms with van der Waals surface area (Å²) in [6, 6.07) is 11.5. The largest absolute Gasteiger partial charge is 0.416 e. The zero-order valence-corrected chi connectivity index (χ0v) is 14.0. The monoisotopic (exact) mass is 351 g/mol. The fraction of sp³-hybridized carbons (Fsp3) is 0.316. The summed E-state index contributed by atoms with van der Waals surface area (Å²) in [4.78, 5) is 11.4. The number of halogens is 3. The lowest BCUT2D eigenvalue weighted by atomic mass is 9.98. The highest BCUT2D eigenvalue weighted by Gasteiger charge is 2.35. The molecule has 0 spiro atoms. The summed E-state index contributed by atoms with van der Waals surface area (Å²) in [6.45, 7) is 3.71. The van der Waals surface area contributed by atoms with E-state index in [9.17, 15) is 23.1 Å². The fourth-order valence-electron chi connectivity index (χ4n) is 2.62. The number of hydrogen-bond acceptors (Lipinski definition) is 3. The van der Waals surface area contributed by atoms with Gasteiger partial charge in [-0.2, -0.15) is 13.2 Å². The zero-order chi connectivity index (χ0) is 18.7. The van der Waals surface area contributed by atoms with Crippen molar-refractivity contribution in [3.63, 3.8) is 0 Å². The van der Waals surface area contributed by atoms with Crippen LogP contribution < -0.4 is 5.32 Å². The van der Waals surface area contributed by atoms with Crippen LogP contribution >= 0.6 is 0 Å². The number of rotatable bonds is 6. The van der Waals surface area contributed by atoms with Gasteiger partial charge in [0.2, 0.25) is 0 Å². The van der Waals surface area contributed by atoms with E-state index in [2.05, 4.69) is 5.32 Å². The second-order valence-electron chi connectivity index (χ2n) is 6.20. The number of carbonyl (C=O) groups is 1. The number of alkyl halides is 3. The number of aldehydes is 1. The maximum Gasteiger partial charge on any atom is 0.416 e. The lowest BCUT2D eigenvalue weighted by Gasteiger charge is -2.28. The molecule has 2 atom stereocenters. The molecule has 0 aliphatic carbocycles. The number of benzene rings is 2. The van der Waals surface area contributed by atoms with E-state index in [0.29, 0.717) is 6.42 Å². The maximum absolute atomic E-state index is 12.9. The number of nitrogens with one attached hydrogen (secondary N) is 1. The Labute approximate surface area is 144 Å². The number of carbonyl (C=O) groups excluding carboxylic acids is 1. The SMILES string of the molecule is Cc1ccc(C[C@@H](C)N[C@](O)(C=O)c2cccc(C(F)(F)F)c2)cc1. The molecule has 0 unspecified atom stereocenters. The van der Waals surface area contributed by atoms with Crippen molar-refractivity contribution in [2.45, 2.75) is 38.2 Å². The Kier molecular flexibility index (Phi) is 5.65. The summed E-state index contributed by atoms with van der Waals surface area (Å²) < 4.78 is 38.6. The van der Waals surface area contributed by atoms with Crippen LogP contribution in [0.2, 0.25) is 0 Å². The van der Waals surface area contributed by atoms with Gasteiger partial charge in [0.1, 0.15) is 0 Å². The Morgan fingerprint density at radius 2 is 1.72 bits per heavy atom. The van der Waals surface area contributed by atoms with Crippen LogP contribution in [0.4, 0.5) is 13.2 Å². The van der Waals surface area contributed by atoms with Crippen molar-refractivity contribution < 1.29 is 23.1 Å². The molecule has 0 aliphatic rings. The third kappa shape index (κ3) is 4.90. The molecule has 0 saturated carbocycles. The van der Waals surface area contributed by atoms with Gasteiger partial charge < -0.3 is 5.11 Å². The average Bonchev–Trinajstić information content (AvgIpc) is 2.56. The molecule has 0 fully saturated rings. The molecule has 25 heavy (non-hydrogen) atoms. The van der Waals surface area contributed by atoms with E-state index in [1.165, 1.54) is 12.1 Å². The first-order valence-corrected chi connectivity index (χ1v) is 7.84. The lowest BCUT2D eigenvalue weighted by Crippen LogP contribution is -2.49. The van der Waals surface area contributed by atoms with E-state index in [4.69, 9.17) is 0 Å². The van der Waals surface area contributed by atoms with Crippen molar-refractivity contribution in [1.29, 1.82) is 0 Å². The van der Waals surface area contributed by atoms with Gasteiger partial charge in [-0.05, 0) is 38.0 Å². The van der Waals surface area contributed by atoms with Crippen LogP contribution in [0.3, 0.4) is 0 Å². The van der Waals surface area contributed by atoms with Crippen LogP contribution in [-0.2, 0) is 23.1 Å². The van der Waals surface area contributed by atoms with Gasteiger partial charge in [-0.1, -0.05) is 42.0 Å². The predicted molar refractivity (Wildman–Crippen MR) is 88.9 cm³/mol. The predicted octanol–water partition coefficient (Wildman–Crippen LogP) is 3.58. The van der Waals surface area contributed by atoms with Crippen molar-refractivity contribution in [2.75, 3.05) is 0 Å². The van der Waals surface area contributed by atoms with E-state index >= 15 is 0 Å². The van der Waals surface area contributed by atoms with Crippen molar-refractivity contribution in [3.8, 4) is 0 Å². The molecular formula is C19H20F3NO2. The molecular weight excluding hydrogens is 331 g/mol. The normalized spacial score (nSPS) is 15.4. The van der Waals surface area contributed by atoms with Crippen LogP contribution in [0.25, 0.3) is 0 Å². The second kappa shape index (κ2) is 7.37. The summed E-state index contributed by atoms with van der Waals surface area (Å²) in [5.41, 5.74) is -1.15. The molecule has 0 radical (unpaired) electrons. The minimum Gasteiger partial charge on any atom is -0.365 e. The highest BCUT2D eigenvalue weighted by molar-refractivity contribution is 5.65. The van der Waals surface area contributed by atoms with E-state index in [0.717, 1.165) is 23.3 Å². The van der Waals surface area contributed by atoms with Gasteiger partial charge in [0.05, 0.1) is 5.56 Å². The van der Waals surface area contributed by atoms with Crippen LogP contribution in [0.15, 0.2) is 48.5 Å². The van der Waals surface area contributed by atoms with Crippen molar-refractivity contribution in [3.05, 3.63) is 70.8 Å². The Morgan fingerprint density at radius 1 is 1.12 bits per heavy atom. The second-order valence-corrected chi connectivity index (χ2v) is 6.20. The molecule has 134 valence electrons. The van der Waals surface area contributed by atoms with Crippen LogP contribution in [-0.4, -0.2) is 17.4 Å². The maximum atomic E-state index is 12.9. The minimum absolute atomic E-state index is 0.145. The topological polar surface area (TPSA) is 49.3 Å². The van der Waals surface area contributed by atoms with Crippen molar-refractivity contribution in [1.82, 2.24) is 5.32 Å². The third-order valence-electron chi connectivity index (χ3n) is 3.93. The molecule has 0 heterocycles. The van der Waals surface area contributed by atoms with Gasteiger partial charge in [-0.3, -0.25) is 10.1 Å². The van der Waals surface area contributed by atoms with E-state index < -0.39 is 17.5 Å². The van der Waals surface area contributed by atoms with Gasteiger partial charge in [-0.25, -0.2) is 0 Å². The van der Waals surface area contributed by atoms with Crippen molar-refractivity contribution >= 4 is 6.29 Å². The number of hydrogen-bond donors (Lipinski definition) is 2. The van der Waals surface area contributed by atoms with Crippen LogP contribution in [0.1, 0.15) is 29.2 Å². The molecule has 0 saturated heterocycles. The summed E-state index contributed by atoms with van der Waals surface area (Å²) >= 11 is 0. The molecule has 2 N–H and O–H groups in total. The van der Waals surface area contributed by atoms with Gasteiger partial charge in [-0.15, -0.1) is 0 Å². The standard InChI is InChI=1S/C19H20F3NO2/c1-13-6-8-15(9-7-13)10-14(2)23-18(25,12-24)16-4-3-5-17(11-16)19(20,21)22/h3-9,11-12,14,23,25H,10H2,1-2H3/t14-,18+/m1/s1. The van der Waals surface area contributed by atoms with E-state index in [1.807, 2.05) is 31.2 Å². The number of aryl methyl sites for hydroxylation is 1. The van der Waals surface area contributed by atoms with Gasteiger partial charge in [0.25, 0.3) is 0 Å². The molecule has 0 amide bonds. The molecule has 6 heteroatoms. The quantitative estimate of drug-likeness (QED) is 0.618. The van der Waals surface area contributed by atoms with Gasteiger partial charge in [0.15, 0.2) is 12.0 Å². The summed E-state index contributed by atoms with van der Waals surface area (Å²) in [5, 5.41) is 13.2. The molecule has 0 bridgehead atoms. The molecule has 3 nitrogen and oxygen atoms in total. The van der Waals surface area contributed by atoms with Crippen molar-refractivity contribution in [2.24, 2.45) is 0 Å². The molecule has 0 aromatic heterocycles. The van der Waals surface area contributed by atoms with E-state index in [1.54, 1.807) is 6.92 Å². The molecule has 0 aliphatic heterocycles. The Balaban J connectivity index is 2.19. The number of aliphatic hydroxyl groups is 1. The third-order valence-corrected chi connectivity index (χ3v) is 3.93. The minimum atomic E-state index is -4.55. The first kappa shape index (κ1) is 19.1. The molecule has 2 rings (SSSR count). The van der Waals surface area contributed by atoms with Crippen LogP contribution in [0.5, 0.6) is 0 Å². The smallest absolute Gasteiger partial charge is 0.365 e. The summed E-state index contributed by atoms with van der Waals surface area (Å²) in [6.07, 6.45) is -3.82. The highest BCUT2D eigenvalue weighted by atomic mass is 19.4. The summed E-state index contributed by atoms with van der Waals surface area (Å²) in [5.74, 6) is 0.